The predicted octanol–water partition coefficient (Wildman–Crippen LogP) is 5.99. The monoisotopic (exact) mass is 405 g/mol. The van der Waals surface area contributed by atoms with Gasteiger partial charge in [0.2, 0.25) is 5.91 Å². The van der Waals surface area contributed by atoms with E-state index in [9.17, 15) is 4.79 Å². The Kier molecular flexibility index (Phi) is 5.26. The van der Waals surface area contributed by atoms with E-state index in [1.807, 2.05) is 30.3 Å². The Morgan fingerprint density at radius 1 is 1.09 bits per heavy atom. The fourth-order valence-corrected chi connectivity index (χ4v) is 3.84. The molecule has 23 heavy (non-hydrogen) atoms. The van der Waals surface area contributed by atoms with Gasteiger partial charge in [-0.25, -0.2) is 0 Å². The number of carbonyl (C=O) groups excluding carboxylic acids is 1. The summed E-state index contributed by atoms with van der Waals surface area (Å²) in [5, 5.41) is 5.70. The van der Waals surface area contributed by atoms with Crippen molar-refractivity contribution in [2.24, 2.45) is 0 Å². The first kappa shape index (κ1) is 16.4. The van der Waals surface area contributed by atoms with E-state index >= 15 is 0 Å². The van der Waals surface area contributed by atoms with Crippen molar-refractivity contribution in [3.05, 3.63) is 70.2 Å². The molecule has 0 unspecified atom stereocenters. The topological polar surface area (TPSA) is 29.1 Å². The molecule has 0 aliphatic heterocycles. The molecule has 116 valence electrons. The van der Waals surface area contributed by atoms with Gasteiger partial charge in [0, 0.05) is 9.37 Å². The number of rotatable bonds is 4. The molecule has 0 radical (unpaired) electrons. The quantitative estimate of drug-likeness (QED) is 0.539. The molecule has 0 spiro atoms. The smallest absolute Gasteiger partial charge is 0.234 e. The largest absolute Gasteiger partial charge is 0.324 e. The van der Waals surface area contributed by atoms with Gasteiger partial charge in [0.25, 0.3) is 0 Å². The van der Waals surface area contributed by atoms with Gasteiger partial charge in [0.05, 0.1) is 16.5 Å². The highest BCUT2D eigenvalue weighted by atomic mass is 79.9. The second-order valence-corrected chi connectivity index (χ2v) is 7.28. The summed E-state index contributed by atoms with van der Waals surface area (Å²) >= 11 is 11.0. The highest BCUT2D eigenvalue weighted by molar-refractivity contribution is 9.10. The third-order valence-electron chi connectivity index (χ3n) is 3.31. The van der Waals surface area contributed by atoms with Crippen molar-refractivity contribution in [1.29, 1.82) is 0 Å². The van der Waals surface area contributed by atoms with Crippen molar-refractivity contribution in [3.63, 3.8) is 0 Å². The zero-order valence-corrected chi connectivity index (χ0v) is 15.2. The molecule has 2 nitrogen and oxygen atoms in total. The molecule has 0 aliphatic rings. The van der Waals surface area contributed by atoms with E-state index in [2.05, 4.69) is 39.4 Å². The van der Waals surface area contributed by atoms with Crippen molar-refractivity contribution >= 4 is 61.7 Å². The summed E-state index contributed by atoms with van der Waals surface area (Å²) in [6.45, 7) is 0. The van der Waals surface area contributed by atoms with Gasteiger partial charge in [-0.15, -0.1) is 11.8 Å². The molecule has 0 saturated carbocycles. The zero-order chi connectivity index (χ0) is 16.2. The van der Waals surface area contributed by atoms with Crippen LogP contribution in [0.25, 0.3) is 10.8 Å². The van der Waals surface area contributed by atoms with Crippen LogP contribution in [0.1, 0.15) is 0 Å². The van der Waals surface area contributed by atoms with Crippen LogP contribution in [0.15, 0.2) is 70.0 Å². The maximum absolute atomic E-state index is 12.2. The summed E-state index contributed by atoms with van der Waals surface area (Å²) in [6, 6.07) is 19.7. The molecule has 1 amide bonds. The fraction of sp³-hybridized carbons (Fsp3) is 0.0556. The van der Waals surface area contributed by atoms with Gasteiger partial charge >= 0.3 is 0 Å². The molecule has 0 bridgehead atoms. The maximum atomic E-state index is 12.2. The van der Waals surface area contributed by atoms with Crippen LogP contribution in [0.2, 0.25) is 5.02 Å². The van der Waals surface area contributed by atoms with Crippen molar-refractivity contribution in [3.8, 4) is 0 Å². The van der Waals surface area contributed by atoms with Gasteiger partial charge < -0.3 is 5.32 Å². The first-order valence-corrected chi connectivity index (χ1v) is 9.14. The minimum absolute atomic E-state index is 0.0767. The highest BCUT2D eigenvalue weighted by Crippen LogP contribution is 2.29. The number of fused-ring (bicyclic) bond motifs is 1. The van der Waals surface area contributed by atoms with E-state index in [0.717, 1.165) is 14.8 Å². The molecular formula is C18H13BrClNOS. The Morgan fingerprint density at radius 2 is 1.87 bits per heavy atom. The molecule has 1 N–H and O–H groups in total. The standard InChI is InChI=1S/C18H13BrClNOS/c19-13-8-9-16(15(20)10-13)21-18(22)11-23-17-7-3-5-12-4-1-2-6-14(12)17/h1-10H,11H2,(H,21,22). The number of benzene rings is 3. The van der Waals surface area contributed by atoms with Gasteiger partial charge in [0.15, 0.2) is 0 Å². The summed E-state index contributed by atoms with van der Waals surface area (Å²) in [7, 11) is 0. The molecule has 0 atom stereocenters. The van der Waals surface area contributed by atoms with Crippen LogP contribution < -0.4 is 5.32 Å². The van der Waals surface area contributed by atoms with E-state index in [4.69, 9.17) is 11.6 Å². The lowest BCUT2D eigenvalue weighted by molar-refractivity contribution is -0.113. The average Bonchev–Trinajstić information content (AvgIpc) is 2.55. The van der Waals surface area contributed by atoms with Crippen molar-refractivity contribution in [2.75, 3.05) is 11.1 Å². The lowest BCUT2D eigenvalue weighted by atomic mass is 10.1. The molecular weight excluding hydrogens is 394 g/mol. The van der Waals surface area contributed by atoms with Crippen LogP contribution in [0.5, 0.6) is 0 Å². The first-order chi connectivity index (χ1) is 11.1. The molecule has 3 aromatic carbocycles. The number of anilines is 1. The van der Waals surface area contributed by atoms with Crippen LogP contribution in [0.3, 0.4) is 0 Å². The Morgan fingerprint density at radius 3 is 2.70 bits per heavy atom. The number of nitrogens with one attached hydrogen (secondary N) is 1. The first-order valence-electron chi connectivity index (χ1n) is 6.99. The minimum Gasteiger partial charge on any atom is -0.324 e. The average molecular weight is 407 g/mol. The van der Waals surface area contributed by atoms with Gasteiger partial charge in [-0.05, 0) is 35.0 Å². The van der Waals surface area contributed by atoms with Gasteiger partial charge in [-0.2, -0.15) is 0 Å². The predicted molar refractivity (Wildman–Crippen MR) is 102 cm³/mol. The molecule has 0 aliphatic carbocycles. The third-order valence-corrected chi connectivity index (χ3v) is 5.19. The van der Waals surface area contributed by atoms with E-state index in [1.165, 1.54) is 17.1 Å². The molecule has 0 heterocycles. The van der Waals surface area contributed by atoms with Gasteiger partial charge in [0.1, 0.15) is 0 Å². The molecule has 0 fully saturated rings. The molecule has 0 aromatic heterocycles. The Bertz CT molecular complexity index is 863. The van der Waals surface area contributed by atoms with Crippen LogP contribution in [0.4, 0.5) is 5.69 Å². The Balaban J connectivity index is 1.69. The summed E-state index contributed by atoms with van der Waals surface area (Å²) in [5.41, 5.74) is 0.624. The van der Waals surface area contributed by atoms with Gasteiger partial charge in [-0.3, -0.25) is 4.79 Å². The summed E-state index contributed by atoms with van der Waals surface area (Å²) < 4.78 is 0.880. The van der Waals surface area contributed by atoms with E-state index in [0.29, 0.717) is 16.5 Å². The number of halogens is 2. The number of hydrogen-bond donors (Lipinski definition) is 1. The SMILES string of the molecule is O=C(CSc1cccc2ccccc12)Nc1ccc(Br)cc1Cl. The highest BCUT2D eigenvalue weighted by Gasteiger charge is 2.08. The third kappa shape index (κ3) is 4.08. The normalized spacial score (nSPS) is 10.7. The second kappa shape index (κ2) is 7.39. The van der Waals surface area contributed by atoms with Crippen LogP contribution >= 0.6 is 39.3 Å². The van der Waals surface area contributed by atoms with Crippen molar-refractivity contribution < 1.29 is 4.79 Å². The lowest BCUT2D eigenvalue weighted by Crippen LogP contribution is -2.14. The Hall–Kier alpha value is -1.49. The number of hydrogen-bond acceptors (Lipinski definition) is 2. The van der Waals surface area contributed by atoms with Crippen LogP contribution in [-0.2, 0) is 4.79 Å². The summed E-state index contributed by atoms with van der Waals surface area (Å²) in [5.74, 6) is 0.257. The molecule has 0 saturated heterocycles. The van der Waals surface area contributed by atoms with Crippen LogP contribution in [0, 0.1) is 0 Å². The molecule has 3 aromatic rings. The van der Waals surface area contributed by atoms with E-state index in [1.54, 1.807) is 12.1 Å². The Labute approximate surface area is 152 Å². The molecule has 3 rings (SSSR count). The number of amides is 1. The van der Waals surface area contributed by atoms with Crippen molar-refractivity contribution in [2.45, 2.75) is 4.90 Å². The van der Waals surface area contributed by atoms with E-state index < -0.39 is 0 Å². The summed E-state index contributed by atoms with van der Waals surface area (Å²) in [6.07, 6.45) is 0. The maximum Gasteiger partial charge on any atom is 0.234 e. The van der Waals surface area contributed by atoms with E-state index in [-0.39, 0.29) is 5.91 Å². The fourth-order valence-electron chi connectivity index (χ4n) is 2.24. The number of thioether (sulfide) groups is 1. The molecule has 5 heteroatoms. The second-order valence-electron chi connectivity index (χ2n) is 4.94. The minimum atomic E-state index is -0.0767. The van der Waals surface area contributed by atoms with Gasteiger partial charge in [-0.1, -0.05) is 63.9 Å². The van der Waals surface area contributed by atoms with Crippen LogP contribution in [-0.4, -0.2) is 11.7 Å². The number of carbonyl (C=O) groups is 1. The zero-order valence-electron chi connectivity index (χ0n) is 12.1. The summed E-state index contributed by atoms with van der Waals surface area (Å²) in [4.78, 5) is 13.3. The lowest BCUT2D eigenvalue weighted by Gasteiger charge is -2.09. The van der Waals surface area contributed by atoms with Crippen molar-refractivity contribution in [1.82, 2.24) is 0 Å².